The maximum Gasteiger partial charge on any atom is 0.341 e. The summed E-state index contributed by atoms with van der Waals surface area (Å²) in [6.45, 7) is 6.37. The Hall–Kier alpha value is -1.42. The van der Waals surface area contributed by atoms with E-state index in [1.54, 1.807) is 12.4 Å². The van der Waals surface area contributed by atoms with Crippen molar-refractivity contribution in [2.75, 3.05) is 13.1 Å². The van der Waals surface area contributed by atoms with E-state index in [1.165, 1.54) is 0 Å². The van der Waals surface area contributed by atoms with Crippen molar-refractivity contribution < 1.29 is 9.53 Å². The van der Waals surface area contributed by atoms with Crippen LogP contribution in [0, 0.1) is 0 Å². The van der Waals surface area contributed by atoms with Crippen LogP contribution < -0.4 is 0 Å². The van der Waals surface area contributed by atoms with Crippen LogP contribution >= 0.6 is 0 Å². The number of carbonyl (C=O) groups is 1. The molecule has 3 rings (SSSR count). The predicted molar refractivity (Wildman–Crippen MR) is 67.3 cm³/mol. The number of fused-ring (bicyclic) bond motifs is 2. The zero-order valence-corrected chi connectivity index (χ0v) is 10.8. The zero-order chi connectivity index (χ0) is 12.8. The number of hydrogen-bond acceptors (Lipinski definition) is 4. The first kappa shape index (κ1) is 11.7. The fourth-order valence-corrected chi connectivity index (χ4v) is 3.01. The van der Waals surface area contributed by atoms with Gasteiger partial charge in [-0.05, 0) is 19.9 Å². The van der Waals surface area contributed by atoms with Crippen LogP contribution in [0.15, 0.2) is 18.5 Å². The Bertz CT molecular complexity index is 476. The van der Waals surface area contributed by atoms with Gasteiger partial charge in [0.2, 0.25) is 0 Å². The first-order valence-electron chi connectivity index (χ1n) is 6.54. The van der Waals surface area contributed by atoms with Gasteiger partial charge in [-0.25, -0.2) is 4.79 Å². The number of aromatic nitrogens is 1. The summed E-state index contributed by atoms with van der Waals surface area (Å²) in [4.78, 5) is 18.3. The molecule has 2 aliphatic heterocycles. The van der Waals surface area contributed by atoms with E-state index < -0.39 is 0 Å². The monoisotopic (exact) mass is 246 g/mol. The fraction of sp³-hybridized carbons (Fsp3) is 0.571. The molecule has 0 N–H and O–H groups in total. The number of pyridine rings is 1. The summed E-state index contributed by atoms with van der Waals surface area (Å²) in [5.41, 5.74) is 1.29. The maximum atomic E-state index is 11.9. The molecule has 1 saturated heterocycles. The van der Waals surface area contributed by atoms with E-state index in [1.807, 2.05) is 6.07 Å². The topological polar surface area (TPSA) is 42.4 Å². The molecule has 18 heavy (non-hydrogen) atoms. The highest BCUT2D eigenvalue weighted by atomic mass is 16.6. The standard InChI is InChI=1S/C14H18N2O2/c1-10(2)16-7-4-14(5-8-16)12-3-6-15-9-11(12)13(17)18-14/h3,6,9-10H,4-5,7-8H2,1-2H3. The van der Waals surface area contributed by atoms with Gasteiger partial charge in [-0.2, -0.15) is 0 Å². The van der Waals surface area contributed by atoms with Gasteiger partial charge in [-0.1, -0.05) is 0 Å². The second-order valence-corrected chi connectivity index (χ2v) is 5.43. The van der Waals surface area contributed by atoms with Crippen LogP contribution in [0.2, 0.25) is 0 Å². The van der Waals surface area contributed by atoms with Crippen LogP contribution in [0.4, 0.5) is 0 Å². The summed E-state index contributed by atoms with van der Waals surface area (Å²) < 4.78 is 5.68. The second-order valence-electron chi connectivity index (χ2n) is 5.43. The number of nitrogens with zero attached hydrogens (tertiary/aromatic N) is 2. The third-order valence-corrected chi connectivity index (χ3v) is 4.16. The molecule has 1 aromatic rings. The Kier molecular flexibility index (Phi) is 2.63. The minimum Gasteiger partial charge on any atom is -0.450 e. The number of esters is 1. The lowest BCUT2D eigenvalue weighted by Crippen LogP contribution is -2.45. The normalized spacial score (nSPS) is 22.3. The van der Waals surface area contributed by atoms with Gasteiger partial charge in [0.15, 0.2) is 0 Å². The molecule has 0 amide bonds. The van der Waals surface area contributed by atoms with Crippen LogP contribution in [-0.2, 0) is 10.3 Å². The summed E-state index contributed by atoms with van der Waals surface area (Å²) in [6.07, 6.45) is 5.14. The molecule has 0 radical (unpaired) electrons. The predicted octanol–water partition coefficient (Wildman–Crippen LogP) is 1.95. The lowest BCUT2D eigenvalue weighted by Gasteiger charge is -2.40. The largest absolute Gasteiger partial charge is 0.450 e. The van der Waals surface area contributed by atoms with E-state index in [0.717, 1.165) is 31.5 Å². The highest BCUT2D eigenvalue weighted by Gasteiger charge is 2.47. The van der Waals surface area contributed by atoms with Crippen molar-refractivity contribution >= 4 is 5.97 Å². The number of hydrogen-bond donors (Lipinski definition) is 0. The molecule has 2 aliphatic rings. The van der Waals surface area contributed by atoms with Gasteiger partial charge in [-0.3, -0.25) is 4.98 Å². The molecule has 1 spiro atoms. The average molecular weight is 246 g/mol. The fourth-order valence-electron chi connectivity index (χ4n) is 3.01. The summed E-state index contributed by atoms with van der Waals surface area (Å²) in [5, 5.41) is 0. The van der Waals surface area contributed by atoms with E-state index >= 15 is 0 Å². The Morgan fingerprint density at radius 2 is 2.11 bits per heavy atom. The Labute approximate surface area is 107 Å². The average Bonchev–Trinajstić information content (AvgIpc) is 2.64. The Morgan fingerprint density at radius 1 is 1.39 bits per heavy atom. The van der Waals surface area contributed by atoms with Gasteiger partial charge in [0.25, 0.3) is 0 Å². The highest BCUT2D eigenvalue weighted by molar-refractivity contribution is 5.94. The van der Waals surface area contributed by atoms with Crippen molar-refractivity contribution in [1.29, 1.82) is 0 Å². The van der Waals surface area contributed by atoms with E-state index in [4.69, 9.17) is 4.74 Å². The number of carbonyl (C=O) groups excluding carboxylic acids is 1. The lowest BCUT2D eigenvalue weighted by molar-refractivity contribution is -0.0470. The molecule has 0 aromatic carbocycles. The molecule has 96 valence electrons. The summed E-state index contributed by atoms with van der Waals surface area (Å²) in [6, 6.07) is 2.49. The van der Waals surface area contributed by atoms with Crippen LogP contribution in [-0.4, -0.2) is 35.0 Å². The van der Waals surface area contributed by atoms with Gasteiger partial charge < -0.3 is 9.64 Å². The van der Waals surface area contributed by atoms with Gasteiger partial charge in [-0.15, -0.1) is 0 Å². The smallest absolute Gasteiger partial charge is 0.341 e. The zero-order valence-electron chi connectivity index (χ0n) is 10.8. The van der Waals surface area contributed by atoms with Crippen LogP contribution in [0.5, 0.6) is 0 Å². The molecule has 0 saturated carbocycles. The highest BCUT2D eigenvalue weighted by Crippen LogP contribution is 2.43. The van der Waals surface area contributed by atoms with Crippen LogP contribution in [0.1, 0.15) is 42.6 Å². The van der Waals surface area contributed by atoms with Crippen molar-refractivity contribution in [3.63, 3.8) is 0 Å². The SMILES string of the molecule is CC(C)N1CCC2(CC1)OC(=O)c1cnccc12. The molecule has 1 aromatic heterocycles. The Balaban J connectivity index is 1.89. The molecular formula is C14H18N2O2. The molecular weight excluding hydrogens is 228 g/mol. The summed E-state index contributed by atoms with van der Waals surface area (Å²) in [5.74, 6) is -0.212. The quantitative estimate of drug-likeness (QED) is 0.710. The van der Waals surface area contributed by atoms with Crippen molar-refractivity contribution in [2.24, 2.45) is 0 Å². The molecule has 3 heterocycles. The Morgan fingerprint density at radius 3 is 2.78 bits per heavy atom. The van der Waals surface area contributed by atoms with Gasteiger partial charge in [0, 0.05) is 49.9 Å². The van der Waals surface area contributed by atoms with E-state index in [-0.39, 0.29) is 11.6 Å². The van der Waals surface area contributed by atoms with Crippen LogP contribution in [0.3, 0.4) is 0 Å². The van der Waals surface area contributed by atoms with Gasteiger partial charge >= 0.3 is 5.97 Å². The minimum absolute atomic E-state index is 0.212. The number of likely N-dealkylation sites (tertiary alicyclic amines) is 1. The summed E-state index contributed by atoms with van der Waals surface area (Å²) in [7, 11) is 0. The number of rotatable bonds is 1. The van der Waals surface area contributed by atoms with E-state index in [9.17, 15) is 4.79 Å². The first-order chi connectivity index (χ1) is 8.62. The van der Waals surface area contributed by atoms with E-state index in [2.05, 4.69) is 23.7 Å². The third-order valence-electron chi connectivity index (χ3n) is 4.16. The molecule has 0 unspecified atom stereocenters. The maximum absolute atomic E-state index is 11.9. The van der Waals surface area contributed by atoms with Crippen molar-refractivity contribution in [1.82, 2.24) is 9.88 Å². The molecule has 0 aliphatic carbocycles. The number of piperidine rings is 1. The van der Waals surface area contributed by atoms with Gasteiger partial charge in [0.05, 0.1) is 5.56 Å². The van der Waals surface area contributed by atoms with Crippen molar-refractivity contribution in [2.45, 2.75) is 38.3 Å². The lowest BCUT2D eigenvalue weighted by atomic mass is 9.84. The van der Waals surface area contributed by atoms with Gasteiger partial charge in [0.1, 0.15) is 5.60 Å². The first-order valence-corrected chi connectivity index (χ1v) is 6.54. The summed E-state index contributed by atoms with van der Waals surface area (Å²) >= 11 is 0. The molecule has 1 fully saturated rings. The van der Waals surface area contributed by atoms with Crippen molar-refractivity contribution in [3.05, 3.63) is 29.6 Å². The number of ether oxygens (including phenoxy) is 1. The van der Waals surface area contributed by atoms with Crippen LogP contribution in [0.25, 0.3) is 0 Å². The molecule has 0 atom stereocenters. The third kappa shape index (κ3) is 1.63. The minimum atomic E-state index is -0.388. The molecule has 4 heteroatoms. The second kappa shape index (κ2) is 4.05. The van der Waals surface area contributed by atoms with E-state index in [0.29, 0.717) is 11.6 Å². The molecule has 4 nitrogen and oxygen atoms in total. The molecule has 0 bridgehead atoms. The van der Waals surface area contributed by atoms with Crippen molar-refractivity contribution in [3.8, 4) is 0 Å².